The van der Waals surface area contributed by atoms with Gasteiger partial charge in [0, 0.05) is 19.5 Å². The second-order valence-corrected chi connectivity index (χ2v) is 9.70. The monoisotopic (exact) mass is 296 g/mol. The van der Waals surface area contributed by atoms with Crippen LogP contribution in [0.2, 0.25) is 0 Å². The fourth-order valence-electron chi connectivity index (χ4n) is 4.48. The number of rotatable bonds is 4. The Bertz CT molecular complexity index is 245. The van der Waals surface area contributed by atoms with Gasteiger partial charge in [-0.15, -0.1) is 0 Å². The third kappa shape index (κ3) is 4.20. The lowest BCUT2D eigenvalue weighted by molar-refractivity contribution is 0.165. The molecule has 0 spiro atoms. The molecule has 0 aromatic carbocycles. The van der Waals surface area contributed by atoms with E-state index in [0.717, 1.165) is 11.3 Å². The molecule has 116 valence electrons. The predicted octanol–water partition coefficient (Wildman–Crippen LogP) is 6.40. The average molecular weight is 296 g/mol. The molecule has 3 rings (SSSR count). The fourth-order valence-corrected chi connectivity index (χ4v) is 7.73. The van der Waals surface area contributed by atoms with Crippen LogP contribution in [0, 0.1) is 0 Å². The van der Waals surface area contributed by atoms with Gasteiger partial charge in [-0.3, -0.25) is 0 Å². The van der Waals surface area contributed by atoms with E-state index in [1.165, 1.54) is 96.3 Å². The summed E-state index contributed by atoms with van der Waals surface area (Å²) < 4.78 is 6.84. The van der Waals surface area contributed by atoms with Crippen molar-refractivity contribution >= 4 is 8.15 Å². The molecule has 0 N–H and O–H groups in total. The SMILES string of the molecule is C1CCC(OP(C2CCCCC2)C2CCCCC2)CC1. The minimum atomic E-state index is -0.120. The summed E-state index contributed by atoms with van der Waals surface area (Å²) in [6.07, 6.45) is 22.4. The van der Waals surface area contributed by atoms with Crippen LogP contribution in [0.1, 0.15) is 96.3 Å². The molecule has 0 aromatic rings. The number of hydrogen-bond acceptors (Lipinski definition) is 1. The first-order valence-corrected chi connectivity index (χ1v) is 10.8. The second-order valence-electron chi connectivity index (χ2n) is 7.31. The zero-order valence-corrected chi connectivity index (χ0v) is 14.1. The first kappa shape index (κ1) is 15.3. The minimum Gasteiger partial charge on any atom is -0.355 e. The molecule has 0 saturated heterocycles. The average Bonchev–Trinajstić information content (AvgIpc) is 2.55. The first-order valence-electron chi connectivity index (χ1n) is 9.38. The van der Waals surface area contributed by atoms with E-state index in [9.17, 15) is 0 Å². The van der Waals surface area contributed by atoms with E-state index in [2.05, 4.69) is 0 Å². The summed E-state index contributed by atoms with van der Waals surface area (Å²) in [5.74, 6) is 0. The van der Waals surface area contributed by atoms with Crippen LogP contribution in [0.4, 0.5) is 0 Å². The number of hydrogen-bond donors (Lipinski definition) is 0. The van der Waals surface area contributed by atoms with Crippen molar-refractivity contribution < 1.29 is 4.52 Å². The Hall–Kier alpha value is 0.390. The predicted molar refractivity (Wildman–Crippen MR) is 88.6 cm³/mol. The highest BCUT2D eigenvalue weighted by atomic mass is 31.1. The second kappa shape index (κ2) is 8.14. The summed E-state index contributed by atoms with van der Waals surface area (Å²) in [6, 6.07) is 0. The van der Waals surface area contributed by atoms with Gasteiger partial charge < -0.3 is 4.52 Å². The molecule has 3 saturated carbocycles. The molecule has 0 aliphatic heterocycles. The van der Waals surface area contributed by atoms with Gasteiger partial charge in [-0.05, 0) is 38.5 Å². The van der Waals surface area contributed by atoms with Gasteiger partial charge >= 0.3 is 0 Å². The van der Waals surface area contributed by atoms with Crippen molar-refractivity contribution in [3.8, 4) is 0 Å². The Kier molecular flexibility index (Phi) is 6.22. The van der Waals surface area contributed by atoms with E-state index in [-0.39, 0.29) is 8.15 Å². The van der Waals surface area contributed by atoms with Crippen LogP contribution in [-0.4, -0.2) is 17.4 Å². The van der Waals surface area contributed by atoms with Crippen LogP contribution in [-0.2, 0) is 4.52 Å². The summed E-state index contributed by atoms with van der Waals surface area (Å²) >= 11 is 0. The van der Waals surface area contributed by atoms with Crippen molar-refractivity contribution in [3.05, 3.63) is 0 Å². The van der Waals surface area contributed by atoms with E-state index < -0.39 is 0 Å². The molecule has 0 atom stereocenters. The molecule has 3 aliphatic rings. The van der Waals surface area contributed by atoms with Gasteiger partial charge in [0.1, 0.15) is 0 Å². The summed E-state index contributed by atoms with van der Waals surface area (Å²) in [7, 11) is -0.120. The molecule has 0 amide bonds. The molecule has 3 fully saturated rings. The van der Waals surface area contributed by atoms with E-state index in [0.29, 0.717) is 6.10 Å². The summed E-state index contributed by atoms with van der Waals surface area (Å²) in [5.41, 5.74) is 1.92. The maximum absolute atomic E-state index is 6.84. The quantitative estimate of drug-likeness (QED) is 0.545. The Balaban J connectivity index is 1.61. The van der Waals surface area contributed by atoms with Gasteiger partial charge in [-0.1, -0.05) is 57.8 Å². The van der Waals surface area contributed by atoms with Crippen molar-refractivity contribution in [1.29, 1.82) is 0 Å². The van der Waals surface area contributed by atoms with Crippen LogP contribution < -0.4 is 0 Å². The third-order valence-corrected chi connectivity index (χ3v) is 8.71. The van der Waals surface area contributed by atoms with Crippen LogP contribution in [0.5, 0.6) is 0 Å². The van der Waals surface area contributed by atoms with E-state index in [1.54, 1.807) is 0 Å². The summed E-state index contributed by atoms with van der Waals surface area (Å²) in [5, 5.41) is 0. The standard InChI is InChI=1S/C18H33OP/c1-4-10-16(11-5-1)19-20(17-12-6-2-7-13-17)18-14-8-3-9-15-18/h16-18H,1-15H2. The molecule has 0 heterocycles. The molecule has 1 nitrogen and oxygen atoms in total. The van der Waals surface area contributed by atoms with Crippen molar-refractivity contribution in [3.63, 3.8) is 0 Å². The molecule has 0 radical (unpaired) electrons. The Labute approximate surface area is 127 Å². The fraction of sp³-hybridized carbons (Fsp3) is 1.00. The zero-order valence-electron chi connectivity index (χ0n) is 13.2. The molecule has 0 bridgehead atoms. The molecule has 0 unspecified atom stereocenters. The van der Waals surface area contributed by atoms with Crippen molar-refractivity contribution in [1.82, 2.24) is 0 Å². The Morgan fingerprint density at radius 2 is 0.900 bits per heavy atom. The van der Waals surface area contributed by atoms with Crippen LogP contribution in [0.3, 0.4) is 0 Å². The normalized spacial score (nSPS) is 28.1. The molecule has 3 aliphatic carbocycles. The van der Waals surface area contributed by atoms with Gasteiger partial charge in [-0.2, -0.15) is 0 Å². The van der Waals surface area contributed by atoms with Crippen LogP contribution in [0.15, 0.2) is 0 Å². The highest BCUT2D eigenvalue weighted by Gasteiger charge is 2.34. The summed E-state index contributed by atoms with van der Waals surface area (Å²) in [4.78, 5) is 0. The van der Waals surface area contributed by atoms with E-state index in [1.807, 2.05) is 0 Å². The maximum atomic E-state index is 6.84. The lowest BCUT2D eigenvalue weighted by atomic mass is 9.98. The largest absolute Gasteiger partial charge is 0.355 e. The highest BCUT2D eigenvalue weighted by Crippen LogP contribution is 2.57. The third-order valence-electron chi connectivity index (χ3n) is 5.69. The van der Waals surface area contributed by atoms with Gasteiger partial charge in [0.05, 0.1) is 6.10 Å². The molecular weight excluding hydrogens is 263 g/mol. The Morgan fingerprint density at radius 1 is 0.500 bits per heavy atom. The topological polar surface area (TPSA) is 9.23 Å². The molecule has 0 aromatic heterocycles. The van der Waals surface area contributed by atoms with E-state index in [4.69, 9.17) is 4.52 Å². The van der Waals surface area contributed by atoms with Gasteiger partial charge in [0.15, 0.2) is 0 Å². The Morgan fingerprint density at radius 3 is 1.35 bits per heavy atom. The molecular formula is C18H33OP. The highest BCUT2D eigenvalue weighted by molar-refractivity contribution is 7.54. The maximum Gasteiger partial charge on any atom is 0.0618 e. The van der Waals surface area contributed by atoms with Crippen LogP contribution >= 0.6 is 8.15 Å². The van der Waals surface area contributed by atoms with Crippen molar-refractivity contribution in [2.75, 3.05) is 0 Å². The van der Waals surface area contributed by atoms with Crippen LogP contribution in [0.25, 0.3) is 0 Å². The first-order chi connectivity index (χ1) is 9.93. The zero-order chi connectivity index (χ0) is 13.6. The van der Waals surface area contributed by atoms with Crippen molar-refractivity contribution in [2.24, 2.45) is 0 Å². The van der Waals surface area contributed by atoms with Gasteiger partial charge in [-0.25, -0.2) is 0 Å². The van der Waals surface area contributed by atoms with Gasteiger partial charge in [0.2, 0.25) is 0 Å². The molecule has 2 heteroatoms. The lowest BCUT2D eigenvalue weighted by Gasteiger charge is -2.40. The van der Waals surface area contributed by atoms with E-state index >= 15 is 0 Å². The smallest absolute Gasteiger partial charge is 0.0618 e. The summed E-state index contributed by atoms with van der Waals surface area (Å²) in [6.45, 7) is 0. The minimum absolute atomic E-state index is 0.120. The van der Waals surface area contributed by atoms with Gasteiger partial charge in [0.25, 0.3) is 0 Å². The molecule has 20 heavy (non-hydrogen) atoms. The van der Waals surface area contributed by atoms with Crippen molar-refractivity contribution in [2.45, 2.75) is 114 Å². The lowest BCUT2D eigenvalue weighted by Crippen LogP contribution is -2.25.